The van der Waals surface area contributed by atoms with Gasteiger partial charge in [0, 0.05) is 34.9 Å². The third-order valence-electron chi connectivity index (χ3n) is 7.84. The fourth-order valence-corrected chi connectivity index (χ4v) is 5.83. The number of para-hydroxylation sites is 2. The van der Waals surface area contributed by atoms with Crippen LogP contribution in [-0.4, -0.2) is 45.2 Å². The highest BCUT2D eigenvalue weighted by Crippen LogP contribution is 2.47. The highest BCUT2D eigenvalue weighted by molar-refractivity contribution is 6.10. The van der Waals surface area contributed by atoms with E-state index < -0.39 is 5.92 Å². The number of dihydropyridines is 1. The summed E-state index contributed by atoms with van der Waals surface area (Å²) in [6, 6.07) is 17.7. The van der Waals surface area contributed by atoms with Gasteiger partial charge in [-0.3, -0.25) is 9.59 Å². The van der Waals surface area contributed by atoms with Crippen LogP contribution in [0.25, 0.3) is 0 Å². The average molecular weight is 571 g/mol. The van der Waals surface area contributed by atoms with E-state index in [2.05, 4.69) is 10.6 Å². The summed E-state index contributed by atoms with van der Waals surface area (Å²) in [5.41, 5.74) is 4.42. The van der Waals surface area contributed by atoms with Crippen molar-refractivity contribution < 1.29 is 33.6 Å². The molecule has 0 bridgehead atoms. The van der Waals surface area contributed by atoms with Crippen LogP contribution in [0.5, 0.6) is 28.7 Å². The van der Waals surface area contributed by atoms with Gasteiger partial charge in [0.2, 0.25) is 0 Å². The average Bonchev–Trinajstić information content (AvgIpc) is 3.00. The number of phenolic OH excluding ortho intramolecular Hbond substituents is 1. The van der Waals surface area contributed by atoms with Gasteiger partial charge in [-0.2, -0.15) is 0 Å². The second-order valence-electron chi connectivity index (χ2n) is 10.2. The number of carbonyl (C=O) groups is 2. The lowest BCUT2D eigenvalue weighted by Gasteiger charge is -2.37. The van der Waals surface area contributed by atoms with Crippen LogP contribution < -0.4 is 29.6 Å². The monoisotopic (exact) mass is 570 g/mol. The lowest BCUT2D eigenvalue weighted by atomic mass is 9.71. The molecule has 0 spiro atoms. The van der Waals surface area contributed by atoms with Gasteiger partial charge in [-0.15, -0.1) is 0 Å². The van der Waals surface area contributed by atoms with Crippen molar-refractivity contribution in [1.29, 1.82) is 0 Å². The second-order valence-corrected chi connectivity index (χ2v) is 10.2. The minimum atomic E-state index is -0.690. The molecule has 1 aliphatic carbocycles. The third-order valence-corrected chi connectivity index (χ3v) is 7.84. The molecule has 218 valence electrons. The van der Waals surface area contributed by atoms with E-state index in [1.807, 2.05) is 31.2 Å². The standard InChI is InChI=1S/C33H34N2O7/c1-18-30(33(38)35-22-8-6-7-9-26(22)39-2)31(20-10-12-24(36)28(17-20)41-4)32-23(34-18)14-21(15-25(32)37)19-11-13-27(40-3)29(16-19)42-5/h6-13,16-17,21,31,34,36H,14-15H2,1-5H3,(H,35,38)/t21-,31-/m0/s1. The Morgan fingerprint density at radius 1 is 0.833 bits per heavy atom. The van der Waals surface area contributed by atoms with Crippen LogP contribution in [0.4, 0.5) is 5.69 Å². The van der Waals surface area contributed by atoms with E-state index in [1.165, 1.54) is 20.3 Å². The van der Waals surface area contributed by atoms with E-state index >= 15 is 0 Å². The van der Waals surface area contributed by atoms with Crippen LogP contribution >= 0.6 is 0 Å². The third kappa shape index (κ3) is 5.25. The maximum absolute atomic E-state index is 14.0. The van der Waals surface area contributed by atoms with Gasteiger partial charge in [-0.05, 0) is 66.8 Å². The smallest absolute Gasteiger partial charge is 0.254 e. The van der Waals surface area contributed by atoms with Crippen molar-refractivity contribution in [3.63, 3.8) is 0 Å². The summed E-state index contributed by atoms with van der Waals surface area (Å²) < 4.78 is 21.7. The van der Waals surface area contributed by atoms with Gasteiger partial charge in [0.1, 0.15) is 5.75 Å². The fraction of sp³-hybridized carbons (Fsp3) is 0.273. The van der Waals surface area contributed by atoms with Gasteiger partial charge in [-0.25, -0.2) is 0 Å². The lowest BCUT2D eigenvalue weighted by Crippen LogP contribution is -2.37. The molecule has 9 heteroatoms. The summed E-state index contributed by atoms with van der Waals surface area (Å²) in [6.45, 7) is 1.83. The van der Waals surface area contributed by atoms with E-state index in [-0.39, 0.29) is 35.5 Å². The van der Waals surface area contributed by atoms with Gasteiger partial charge >= 0.3 is 0 Å². The van der Waals surface area contributed by atoms with Crippen LogP contribution in [0, 0.1) is 0 Å². The molecular weight excluding hydrogens is 536 g/mol. The number of hydrogen-bond acceptors (Lipinski definition) is 8. The number of Topliss-reactive ketones (excluding diaryl/α,β-unsaturated/α-hetero) is 1. The van der Waals surface area contributed by atoms with Crippen molar-refractivity contribution in [3.8, 4) is 28.7 Å². The molecule has 0 unspecified atom stereocenters. The molecule has 2 aliphatic rings. The summed E-state index contributed by atoms with van der Waals surface area (Å²) >= 11 is 0. The summed E-state index contributed by atoms with van der Waals surface area (Å²) in [5.74, 6) is 0.708. The molecule has 0 saturated heterocycles. The first-order chi connectivity index (χ1) is 20.3. The van der Waals surface area contributed by atoms with E-state index in [9.17, 15) is 14.7 Å². The SMILES string of the molecule is COc1cc([C@H]2C(C(=O)Nc3ccccc3OC)=C(C)NC3=C2C(=O)C[C@@H](c2ccc(OC)c(OC)c2)C3)ccc1O. The number of ether oxygens (including phenoxy) is 4. The largest absolute Gasteiger partial charge is 0.504 e. The first-order valence-electron chi connectivity index (χ1n) is 13.6. The van der Waals surface area contributed by atoms with Crippen molar-refractivity contribution in [2.75, 3.05) is 33.8 Å². The molecule has 1 amide bonds. The van der Waals surface area contributed by atoms with Gasteiger partial charge in [0.25, 0.3) is 5.91 Å². The molecule has 5 rings (SSSR count). The molecule has 0 saturated carbocycles. The number of carbonyl (C=O) groups excluding carboxylic acids is 2. The van der Waals surface area contributed by atoms with Crippen LogP contribution in [0.2, 0.25) is 0 Å². The molecule has 0 aromatic heterocycles. The molecule has 1 heterocycles. The molecule has 3 aromatic carbocycles. The predicted octanol–water partition coefficient (Wildman–Crippen LogP) is 5.43. The number of anilines is 1. The number of aromatic hydroxyl groups is 1. The Labute approximate surface area is 244 Å². The minimum Gasteiger partial charge on any atom is -0.504 e. The van der Waals surface area contributed by atoms with Crippen LogP contribution in [0.15, 0.2) is 83.2 Å². The molecule has 3 N–H and O–H groups in total. The topological polar surface area (TPSA) is 115 Å². The highest BCUT2D eigenvalue weighted by Gasteiger charge is 2.41. The van der Waals surface area contributed by atoms with Crippen molar-refractivity contribution in [3.05, 3.63) is 94.3 Å². The molecule has 9 nitrogen and oxygen atoms in total. The molecular formula is C33H34N2O7. The molecule has 1 aliphatic heterocycles. The molecule has 0 radical (unpaired) electrons. The first kappa shape index (κ1) is 28.6. The Kier molecular flexibility index (Phi) is 8.10. The number of amides is 1. The zero-order valence-electron chi connectivity index (χ0n) is 24.2. The van der Waals surface area contributed by atoms with Crippen LogP contribution in [0.3, 0.4) is 0 Å². The van der Waals surface area contributed by atoms with Gasteiger partial charge < -0.3 is 34.7 Å². The Hall–Kier alpha value is -4.92. The normalized spacial score (nSPS) is 18.2. The molecule has 42 heavy (non-hydrogen) atoms. The second kappa shape index (κ2) is 11.9. The number of methoxy groups -OCH3 is 4. The van der Waals surface area contributed by atoms with Crippen LogP contribution in [0.1, 0.15) is 42.7 Å². The van der Waals surface area contributed by atoms with Crippen molar-refractivity contribution >= 4 is 17.4 Å². The number of rotatable bonds is 8. The van der Waals surface area contributed by atoms with Gasteiger partial charge in [-0.1, -0.05) is 24.3 Å². The van der Waals surface area contributed by atoms with E-state index in [0.29, 0.717) is 51.8 Å². The number of ketones is 1. The number of nitrogens with one attached hydrogen (secondary N) is 2. The Morgan fingerprint density at radius 2 is 1.50 bits per heavy atom. The van der Waals surface area contributed by atoms with Crippen molar-refractivity contribution in [2.45, 2.75) is 31.6 Å². The quantitative estimate of drug-likeness (QED) is 0.329. The number of allylic oxidation sites excluding steroid dienone is 3. The van der Waals surface area contributed by atoms with E-state index in [4.69, 9.17) is 18.9 Å². The molecule has 3 aromatic rings. The molecule has 0 fully saturated rings. The Balaban J connectivity index is 1.58. The van der Waals surface area contributed by atoms with Crippen molar-refractivity contribution in [1.82, 2.24) is 5.32 Å². The summed E-state index contributed by atoms with van der Waals surface area (Å²) in [4.78, 5) is 28.0. The predicted molar refractivity (Wildman–Crippen MR) is 158 cm³/mol. The zero-order chi connectivity index (χ0) is 30.0. The highest BCUT2D eigenvalue weighted by atomic mass is 16.5. The lowest BCUT2D eigenvalue weighted by molar-refractivity contribution is -0.116. The van der Waals surface area contributed by atoms with Crippen molar-refractivity contribution in [2.24, 2.45) is 0 Å². The Morgan fingerprint density at radius 3 is 2.21 bits per heavy atom. The summed E-state index contributed by atoms with van der Waals surface area (Å²) in [6.07, 6.45) is 0.809. The number of hydrogen-bond donors (Lipinski definition) is 3. The first-order valence-corrected chi connectivity index (χ1v) is 13.6. The number of benzene rings is 3. The fourth-order valence-electron chi connectivity index (χ4n) is 5.83. The Bertz CT molecular complexity index is 1610. The zero-order valence-corrected chi connectivity index (χ0v) is 24.2. The van der Waals surface area contributed by atoms with E-state index in [0.717, 1.165) is 11.3 Å². The van der Waals surface area contributed by atoms with E-state index in [1.54, 1.807) is 44.6 Å². The minimum absolute atomic E-state index is 0.0337. The van der Waals surface area contributed by atoms with Gasteiger partial charge in [0.05, 0.1) is 34.1 Å². The molecule has 2 atom stereocenters. The number of phenols is 1. The maximum Gasteiger partial charge on any atom is 0.254 e. The van der Waals surface area contributed by atoms with Gasteiger partial charge in [0.15, 0.2) is 28.8 Å². The summed E-state index contributed by atoms with van der Waals surface area (Å²) in [5, 5.41) is 16.7. The summed E-state index contributed by atoms with van der Waals surface area (Å²) in [7, 11) is 6.16. The van der Waals surface area contributed by atoms with Crippen LogP contribution in [-0.2, 0) is 9.59 Å². The maximum atomic E-state index is 14.0.